The molecular formula is C19H32N4O8. The summed E-state index contributed by atoms with van der Waals surface area (Å²) >= 11 is 0. The van der Waals surface area contributed by atoms with Crippen molar-refractivity contribution in [3.05, 3.63) is 0 Å². The van der Waals surface area contributed by atoms with Crippen LogP contribution in [0.15, 0.2) is 0 Å². The fraction of sp³-hybridized carbons (Fsp3) is 0.737. The Morgan fingerprint density at radius 1 is 0.968 bits per heavy atom. The normalized spacial score (nSPS) is 18.6. The van der Waals surface area contributed by atoms with Gasteiger partial charge in [0.1, 0.15) is 18.1 Å². The predicted octanol–water partition coefficient (Wildman–Crippen LogP) is -1.82. The second kappa shape index (κ2) is 12.8. The molecule has 4 atom stereocenters. The molecule has 4 unspecified atom stereocenters. The number of carbonyl (C=O) groups is 5. The van der Waals surface area contributed by atoms with Crippen LogP contribution in [0.2, 0.25) is 0 Å². The van der Waals surface area contributed by atoms with Crippen LogP contribution in [0.5, 0.6) is 0 Å². The van der Waals surface area contributed by atoms with Crippen molar-refractivity contribution < 1.29 is 39.3 Å². The van der Waals surface area contributed by atoms with Crippen LogP contribution in [0.3, 0.4) is 0 Å². The van der Waals surface area contributed by atoms with Gasteiger partial charge in [0, 0.05) is 6.42 Å². The highest BCUT2D eigenvalue weighted by atomic mass is 16.4. The van der Waals surface area contributed by atoms with Crippen molar-refractivity contribution in [1.82, 2.24) is 21.3 Å². The molecule has 0 aromatic rings. The van der Waals surface area contributed by atoms with E-state index in [-0.39, 0.29) is 18.2 Å². The second-order valence-electron chi connectivity index (χ2n) is 7.92. The SMILES string of the molecule is CC(C)CC(NC(=O)C1CCCN1)C(=O)NC(CO)C(=O)NC(CCC(=O)O)C(=O)O. The fourth-order valence-electron chi connectivity index (χ4n) is 3.15. The topological polar surface area (TPSA) is 194 Å². The van der Waals surface area contributed by atoms with Gasteiger partial charge in [-0.15, -0.1) is 0 Å². The number of carboxylic acid groups (broad SMARTS) is 2. The summed E-state index contributed by atoms with van der Waals surface area (Å²) in [5.74, 6) is -4.61. The van der Waals surface area contributed by atoms with E-state index in [1.807, 2.05) is 13.8 Å². The Labute approximate surface area is 180 Å². The van der Waals surface area contributed by atoms with E-state index in [1.54, 1.807) is 0 Å². The van der Waals surface area contributed by atoms with Crippen LogP contribution in [0.4, 0.5) is 0 Å². The molecule has 0 bridgehead atoms. The van der Waals surface area contributed by atoms with E-state index in [0.717, 1.165) is 6.42 Å². The van der Waals surface area contributed by atoms with Gasteiger partial charge in [0.05, 0.1) is 12.6 Å². The first-order valence-corrected chi connectivity index (χ1v) is 10.2. The van der Waals surface area contributed by atoms with Crippen LogP contribution in [0.25, 0.3) is 0 Å². The molecule has 1 rings (SSSR count). The van der Waals surface area contributed by atoms with Crippen LogP contribution in [-0.2, 0) is 24.0 Å². The molecule has 0 aliphatic carbocycles. The Bertz CT molecular complexity index is 663. The van der Waals surface area contributed by atoms with Crippen molar-refractivity contribution >= 4 is 29.7 Å². The molecule has 12 nitrogen and oxygen atoms in total. The van der Waals surface area contributed by atoms with Gasteiger partial charge in [0.2, 0.25) is 17.7 Å². The Kier molecular flexibility index (Phi) is 10.9. The summed E-state index contributed by atoms with van der Waals surface area (Å²) in [6, 6.07) is -4.30. The Balaban J connectivity index is 2.77. The number of nitrogens with one attached hydrogen (secondary N) is 4. The number of hydrogen-bond acceptors (Lipinski definition) is 7. The van der Waals surface area contributed by atoms with Crippen LogP contribution in [-0.4, -0.2) is 82.3 Å². The number of aliphatic hydroxyl groups is 1. The molecule has 0 radical (unpaired) electrons. The first-order chi connectivity index (χ1) is 14.5. The molecule has 12 heteroatoms. The molecular weight excluding hydrogens is 412 g/mol. The molecule has 0 spiro atoms. The minimum Gasteiger partial charge on any atom is -0.481 e. The molecule has 0 saturated carbocycles. The van der Waals surface area contributed by atoms with Crippen molar-refractivity contribution in [3.8, 4) is 0 Å². The molecule has 1 aliphatic heterocycles. The average Bonchev–Trinajstić information content (AvgIpc) is 3.22. The minimum atomic E-state index is -1.49. The van der Waals surface area contributed by atoms with Gasteiger partial charge in [-0.1, -0.05) is 13.8 Å². The van der Waals surface area contributed by atoms with Crippen LogP contribution in [0, 0.1) is 5.92 Å². The summed E-state index contributed by atoms with van der Waals surface area (Å²) in [4.78, 5) is 59.3. The number of carbonyl (C=O) groups excluding carboxylic acids is 3. The summed E-state index contributed by atoms with van der Waals surface area (Å²) in [7, 11) is 0. The zero-order valence-corrected chi connectivity index (χ0v) is 17.7. The number of amides is 3. The van der Waals surface area contributed by atoms with Gasteiger partial charge in [0.25, 0.3) is 0 Å². The van der Waals surface area contributed by atoms with E-state index >= 15 is 0 Å². The predicted molar refractivity (Wildman–Crippen MR) is 108 cm³/mol. The summed E-state index contributed by atoms with van der Waals surface area (Å²) in [6.07, 6.45) is 0.948. The maximum Gasteiger partial charge on any atom is 0.326 e. The van der Waals surface area contributed by atoms with Gasteiger partial charge >= 0.3 is 11.9 Å². The van der Waals surface area contributed by atoms with E-state index in [0.29, 0.717) is 19.4 Å². The summed E-state index contributed by atoms with van der Waals surface area (Å²) in [5, 5.41) is 37.5. The van der Waals surface area contributed by atoms with Gasteiger partial charge in [-0.25, -0.2) is 4.79 Å². The third-order valence-corrected chi connectivity index (χ3v) is 4.79. The van der Waals surface area contributed by atoms with E-state index in [2.05, 4.69) is 21.3 Å². The van der Waals surface area contributed by atoms with Crippen molar-refractivity contribution in [2.75, 3.05) is 13.2 Å². The monoisotopic (exact) mass is 444 g/mol. The highest BCUT2D eigenvalue weighted by Crippen LogP contribution is 2.09. The Hall–Kier alpha value is -2.73. The fourth-order valence-corrected chi connectivity index (χ4v) is 3.15. The zero-order chi connectivity index (χ0) is 23.6. The van der Waals surface area contributed by atoms with Gasteiger partial charge in [-0.2, -0.15) is 0 Å². The molecule has 1 fully saturated rings. The zero-order valence-electron chi connectivity index (χ0n) is 17.7. The lowest BCUT2D eigenvalue weighted by molar-refractivity contribution is -0.143. The first-order valence-electron chi connectivity index (χ1n) is 10.2. The molecule has 1 aliphatic rings. The van der Waals surface area contributed by atoms with Crippen LogP contribution in [0.1, 0.15) is 46.0 Å². The van der Waals surface area contributed by atoms with Gasteiger partial charge < -0.3 is 36.6 Å². The summed E-state index contributed by atoms with van der Waals surface area (Å²) in [6.45, 7) is 3.61. The van der Waals surface area contributed by atoms with E-state index < -0.39 is 60.9 Å². The summed E-state index contributed by atoms with van der Waals surface area (Å²) < 4.78 is 0. The third kappa shape index (κ3) is 9.30. The molecule has 3 amide bonds. The van der Waals surface area contributed by atoms with Crippen LogP contribution >= 0.6 is 0 Å². The molecule has 7 N–H and O–H groups in total. The Morgan fingerprint density at radius 3 is 2.06 bits per heavy atom. The van der Waals surface area contributed by atoms with Gasteiger partial charge in [-0.05, 0) is 38.1 Å². The van der Waals surface area contributed by atoms with Gasteiger partial charge in [-0.3, -0.25) is 19.2 Å². The molecule has 0 aromatic heterocycles. The maximum atomic E-state index is 12.7. The highest BCUT2D eigenvalue weighted by molar-refractivity contribution is 5.94. The number of aliphatic carboxylic acids is 2. The molecule has 31 heavy (non-hydrogen) atoms. The smallest absolute Gasteiger partial charge is 0.326 e. The molecule has 176 valence electrons. The van der Waals surface area contributed by atoms with Gasteiger partial charge in [0.15, 0.2) is 0 Å². The van der Waals surface area contributed by atoms with E-state index in [4.69, 9.17) is 10.2 Å². The lowest BCUT2D eigenvalue weighted by atomic mass is 10.0. The molecule has 1 saturated heterocycles. The second-order valence-corrected chi connectivity index (χ2v) is 7.92. The minimum absolute atomic E-state index is 0.0430. The summed E-state index contributed by atoms with van der Waals surface area (Å²) in [5.41, 5.74) is 0. The lowest BCUT2D eigenvalue weighted by Crippen LogP contribution is -2.58. The highest BCUT2D eigenvalue weighted by Gasteiger charge is 2.31. The van der Waals surface area contributed by atoms with Crippen molar-refractivity contribution in [2.24, 2.45) is 5.92 Å². The first kappa shape index (κ1) is 26.3. The molecule has 1 heterocycles. The maximum absolute atomic E-state index is 12.7. The quantitative estimate of drug-likeness (QED) is 0.171. The van der Waals surface area contributed by atoms with E-state index in [1.165, 1.54) is 0 Å². The van der Waals surface area contributed by atoms with Crippen molar-refractivity contribution in [2.45, 2.75) is 70.1 Å². The number of rotatable bonds is 13. The Morgan fingerprint density at radius 2 is 1.58 bits per heavy atom. The van der Waals surface area contributed by atoms with E-state index in [9.17, 15) is 29.1 Å². The lowest BCUT2D eigenvalue weighted by Gasteiger charge is -2.25. The van der Waals surface area contributed by atoms with Crippen molar-refractivity contribution in [3.63, 3.8) is 0 Å². The number of carboxylic acids is 2. The largest absolute Gasteiger partial charge is 0.481 e. The standard InChI is InChI=1S/C19H32N4O8/c1-10(2)8-13(22-16(27)11-4-3-7-20-11)17(28)23-14(9-24)18(29)21-12(19(30)31)5-6-15(25)26/h10-14,20,24H,3-9H2,1-2H3,(H,21,29)(H,22,27)(H,23,28)(H,25,26)(H,30,31). The van der Waals surface area contributed by atoms with Crippen LogP contribution < -0.4 is 21.3 Å². The molecule has 0 aromatic carbocycles. The number of hydrogen-bond donors (Lipinski definition) is 7. The van der Waals surface area contributed by atoms with Crippen molar-refractivity contribution in [1.29, 1.82) is 0 Å². The third-order valence-electron chi connectivity index (χ3n) is 4.79. The average molecular weight is 444 g/mol. The number of aliphatic hydroxyl groups excluding tert-OH is 1.